The van der Waals surface area contributed by atoms with Crippen LogP contribution < -0.4 is 0 Å². The Morgan fingerprint density at radius 3 is 2.20 bits per heavy atom. The minimum absolute atomic E-state index is 0. The predicted octanol–water partition coefficient (Wildman–Crippen LogP) is 3.72. The zero-order valence-corrected chi connectivity index (χ0v) is 7.72. The molecule has 56 valence electrons. The van der Waals surface area contributed by atoms with Crippen LogP contribution in [0.5, 0.6) is 0 Å². The molecular weight excluding hydrogens is 190 g/mol. The topological polar surface area (TPSA) is 0 Å². The first kappa shape index (κ1) is 10.1. The molecule has 0 N–H and O–H groups in total. The quantitative estimate of drug-likeness (QED) is 0.595. The molecule has 0 nitrogen and oxygen atoms in total. The molecule has 1 rings (SSSR count). The van der Waals surface area contributed by atoms with Crippen LogP contribution in [-0.4, -0.2) is 0 Å². The van der Waals surface area contributed by atoms with E-state index in [1.807, 2.05) is 19.1 Å². The predicted molar refractivity (Wildman–Crippen MR) is 48.4 cm³/mol. The molecule has 0 fully saturated rings. The Labute approximate surface area is 76.6 Å². The van der Waals surface area contributed by atoms with Gasteiger partial charge in [-0.05, 0) is 18.6 Å². The van der Waals surface area contributed by atoms with Gasteiger partial charge >= 0.3 is 0 Å². The lowest BCUT2D eigenvalue weighted by atomic mass is 10.2. The molecule has 0 aromatic heterocycles. The van der Waals surface area contributed by atoms with E-state index in [0.29, 0.717) is 10.0 Å². The summed E-state index contributed by atoms with van der Waals surface area (Å²) in [5.41, 5.74) is 1.02. The van der Waals surface area contributed by atoms with Gasteiger partial charge in [-0.2, -0.15) is 0 Å². The molecule has 0 amide bonds. The van der Waals surface area contributed by atoms with Crippen molar-refractivity contribution in [3.8, 4) is 0 Å². The third-order valence-electron chi connectivity index (χ3n) is 1.14. The third-order valence-corrected chi connectivity index (χ3v) is 2.06. The van der Waals surface area contributed by atoms with Gasteiger partial charge in [-0.3, -0.25) is 0 Å². The smallest absolute Gasteiger partial charge is 0.0621 e. The van der Waals surface area contributed by atoms with Gasteiger partial charge in [-0.15, -0.1) is 12.4 Å². The fourth-order valence-corrected chi connectivity index (χ4v) is 0.959. The molecule has 1 aromatic carbocycles. The standard InChI is InChI=1S/C7H6Cl2.ClH/c1-5-3-2-4-6(8)7(5)9;/h2-4H,1H3;1H. The molecule has 0 unspecified atom stereocenters. The number of halogens is 3. The van der Waals surface area contributed by atoms with E-state index < -0.39 is 0 Å². The molecule has 0 heterocycles. The second-order valence-electron chi connectivity index (χ2n) is 1.87. The fraction of sp³-hybridized carbons (Fsp3) is 0.143. The van der Waals surface area contributed by atoms with Gasteiger partial charge in [-0.1, -0.05) is 35.3 Å². The van der Waals surface area contributed by atoms with Crippen molar-refractivity contribution in [2.24, 2.45) is 0 Å². The van der Waals surface area contributed by atoms with Crippen LogP contribution in [0.2, 0.25) is 10.0 Å². The SMILES string of the molecule is Cc1cccc(Cl)c1Cl.Cl. The van der Waals surface area contributed by atoms with Gasteiger partial charge in [-0.25, -0.2) is 0 Å². The molecule has 0 bridgehead atoms. The number of hydrogen-bond donors (Lipinski definition) is 0. The zero-order valence-electron chi connectivity index (χ0n) is 5.40. The van der Waals surface area contributed by atoms with Crippen molar-refractivity contribution in [1.29, 1.82) is 0 Å². The Bertz CT molecular complexity index is 200. The molecule has 1 aromatic rings. The maximum atomic E-state index is 5.75. The highest BCUT2D eigenvalue weighted by Gasteiger charge is 1.96. The second kappa shape index (κ2) is 4.07. The monoisotopic (exact) mass is 196 g/mol. The van der Waals surface area contributed by atoms with Crippen molar-refractivity contribution in [2.75, 3.05) is 0 Å². The minimum Gasteiger partial charge on any atom is -0.147 e. The highest BCUT2D eigenvalue weighted by atomic mass is 35.5. The molecule has 0 aliphatic heterocycles. The molecule has 0 spiro atoms. The van der Waals surface area contributed by atoms with E-state index in [9.17, 15) is 0 Å². The molecule has 0 aliphatic carbocycles. The van der Waals surface area contributed by atoms with Crippen LogP contribution in [0.15, 0.2) is 18.2 Å². The van der Waals surface area contributed by atoms with E-state index in [2.05, 4.69) is 0 Å². The van der Waals surface area contributed by atoms with Crippen molar-refractivity contribution >= 4 is 35.6 Å². The van der Waals surface area contributed by atoms with Crippen LogP contribution in [-0.2, 0) is 0 Å². The van der Waals surface area contributed by atoms with E-state index in [-0.39, 0.29) is 12.4 Å². The Hall–Kier alpha value is 0.0900. The van der Waals surface area contributed by atoms with Gasteiger partial charge in [0.15, 0.2) is 0 Å². The first-order valence-corrected chi connectivity index (χ1v) is 3.38. The van der Waals surface area contributed by atoms with Crippen LogP contribution in [0, 0.1) is 6.92 Å². The van der Waals surface area contributed by atoms with E-state index in [1.165, 1.54) is 0 Å². The van der Waals surface area contributed by atoms with Crippen LogP contribution in [0.25, 0.3) is 0 Å². The van der Waals surface area contributed by atoms with Crippen molar-refractivity contribution in [3.63, 3.8) is 0 Å². The van der Waals surface area contributed by atoms with Crippen LogP contribution in [0.1, 0.15) is 5.56 Å². The second-order valence-corrected chi connectivity index (χ2v) is 2.66. The van der Waals surface area contributed by atoms with E-state index >= 15 is 0 Å². The molecular formula is C7H7Cl3. The number of benzene rings is 1. The normalized spacial score (nSPS) is 8.70. The lowest BCUT2D eigenvalue weighted by molar-refractivity contribution is 1.47. The van der Waals surface area contributed by atoms with Crippen molar-refractivity contribution in [3.05, 3.63) is 33.8 Å². The van der Waals surface area contributed by atoms with E-state index in [4.69, 9.17) is 23.2 Å². The summed E-state index contributed by atoms with van der Waals surface area (Å²) in [6.07, 6.45) is 0. The number of hydrogen-bond acceptors (Lipinski definition) is 0. The summed E-state index contributed by atoms with van der Waals surface area (Å²) in [6, 6.07) is 5.58. The Kier molecular flexibility index (Phi) is 4.11. The Morgan fingerprint density at radius 2 is 1.80 bits per heavy atom. The summed E-state index contributed by atoms with van der Waals surface area (Å²) in [5.74, 6) is 0. The molecule has 0 aliphatic rings. The van der Waals surface area contributed by atoms with Gasteiger partial charge in [0.2, 0.25) is 0 Å². The fourth-order valence-electron chi connectivity index (χ4n) is 0.612. The van der Waals surface area contributed by atoms with Gasteiger partial charge in [0.1, 0.15) is 0 Å². The van der Waals surface area contributed by atoms with Crippen LogP contribution in [0.3, 0.4) is 0 Å². The van der Waals surface area contributed by atoms with Crippen LogP contribution in [0.4, 0.5) is 0 Å². The number of rotatable bonds is 0. The van der Waals surface area contributed by atoms with Crippen LogP contribution >= 0.6 is 35.6 Å². The molecule has 0 saturated carbocycles. The Balaban J connectivity index is 0.000000810. The summed E-state index contributed by atoms with van der Waals surface area (Å²) < 4.78 is 0. The summed E-state index contributed by atoms with van der Waals surface area (Å²) in [4.78, 5) is 0. The average Bonchev–Trinajstić information content (AvgIpc) is 1.83. The summed E-state index contributed by atoms with van der Waals surface area (Å²) in [7, 11) is 0. The lowest BCUT2D eigenvalue weighted by Crippen LogP contribution is -1.73. The lowest BCUT2D eigenvalue weighted by Gasteiger charge is -1.96. The zero-order chi connectivity index (χ0) is 6.85. The number of aryl methyl sites for hydroxylation is 1. The Morgan fingerprint density at radius 1 is 1.20 bits per heavy atom. The average molecular weight is 197 g/mol. The molecule has 3 heteroatoms. The highest BCUT2D eigenvalue weighted by molar-refractivity contribution is 6.42. The summed E-state index contributed by atoms with van der Waals surface area (Å²) in [5, 5.41) is 1.27. The van der Waals surface area contributed by atoms with E-state index in [0.717, 1.165) is 5.56 Å². The molecule has 10 heavy (non-hydrogen) atoms. The first-order valence-electron chi connectivity index (χ1n) is 2.62. The van der Waals surface area contributed by atoms with Crippen molar-refractivity contribution < 1.29 is 0 Å². The molecule has 0 atom stereocenters. The van der Waals surface area contributed by atoms with Gasteiger partial charge in [0.05, 0.1) is 10.0 Å². The van der Waals surface area contributed by atoms with Crippen molar-refractivity contribution in [2.45, 2.75) is 6.92 Å². The molecule has 0 saturated heterocycles. The minimum atomic E-state index is 0. The van der Waals surface area contributed by atoms with Gasteiger partial charge in [0.25, 0.3) is 0 Å². The first-order chi connectivity index (χ1) is 4.22. The third kappa shape index (κ3) is 2.05. The highest BCUT2D eigenvalue weighted by Crippen LogP contribution is 2.24. The molecule has 0 radical (unpaired) electrons. The summed E-state index contributed by atoms with van der Waals surface area (Å²) >= 11 is 11.4. The van der Waals surface area contributed by atoms with Gasteiger partial charge < -0.3 is 0 Å². The maximum Gasteiger partial charge on any atom is 0.0621 e. The maximum absolute atomic E-state index is 5.75. The largest absolute Gasteiger partial charge is 0.147 e. The van der Waals surface area contributed by atoms with Crippen molar-refractivity contribution in [1.82, 2.24) is 0 Å². The summed E-state index contributed by atoms with van der Waals surface area (Å²) in [6.45, 7) is 1.92. The van der Waals surface area contributed by atoms with E-state index in [1.54, 1.807) is 6.07 Å². The van der Waals surface area contributed by atoms with Gasteiger partial charge in [0, 0.05) is 0 Å².